The van der Waals surface area contributed by atoms with Crippen molar-refractivity contribution in [1.29, 1.82) is 0 Å². The molecule has 0 spiro atoms. The molecule has 0 radical (unpaired) electrons. The largest absolute Gasteiger partial charge is 0.391 e. The lowest BCUT2D eigenvalue weighted by molar-refractivity contribution is 0.0952. The van der Waals surface area contributed by atoms with Crippen LogP contribution in [-0.4, -0.2) is 34.5 Å². The molecule has 1 rings (SSSR count). The molecule has 4 N–H and O–H groups in total. The van der Waals surface area contributed by atoms with E-state index in [0.29, 0.717) is 13.0 Å². The number of hydrazine groups is 2. The lowest BCUT2D eigenvalue weighted by Gasteiger charge is -2.22. The van der Waals surface area contributed by atoms with Gasteiger partial charge < -0.3 is 15.6 Å². The van der Waals surface area contributed by atoms with Gasteiger partial charge >= 0.3 is 0 Å². The number of hydrogen-bond donors (Lipinski definition) is 4. The Morgan fingerprint density at radius 2 is 2.23 bits per heavy atom. The van der Waals surface area contributed by atoms with Gasteiger partial charge in [0.15, 0.2) is 0 Å². The van der Waals surface area contributed by atoms with Gasteiger partial charge in [-0.2, -0.15) is 0 Å². The summed E-state index contributed by atoms with van der Waals surface area (Å²) in [4.78, 5) is 0. The highest BCUT2D eigenvalue weighted by atomic mass is 16.3. The first-order valence-corrected chi connectivity index (χ1v) is 4.47. The van der Waals surface area contributed by atoms with Gasteiger partial charge in [0.05, 0.1) is 25.0 Å². The quantitative estimate of drug-likeness (QED) is 0.469. The highest BCUT2D eigenvalue weighted by Crippen LogP contribution is 2.11. The number of β-amino-alcohol motifs (C(OH)–C–C–N with tert-alkyl or cyclic N) is 1. The summed E-state index contributed by atoms with van der Waals surface area (Å²) in [6.07, 6.45) is 0.331. The fourth-order valence-electron chi connectivity index (χ4n) is 1.19. The van der Waals surface area contributed by atoms with E-state index in [4.69, 9.17) is 5.11 Å². The molecule has 0 aliphatic carbocycles. The van der Waals surface area contributed by atoms with Crippen LogP contribution in [-0.2, 0) is 0 Å². The Morgan fingerprint density at radius 1 is 1.54 bits per heavy atom. The standard InChI is InChI=1S/C8H17N3O2/c1-3-7(13)4-11-8(5-12)6(2)9-10-11/h7,9-10,12-13H,3-5H2,1-2H3. The van der Waals surface area contributed by atoms with Gasteiger partial charge in [0.2, 0.25) is 0 Å². The van der Waals surface area contributed by atoms with E-state index in [2.05, 4.69) is 11.0 Å². The van der Waals surface area contributed by atoms with Crippen molar-refractivity contribution in [3.8, 4) is 0 Å². The molecule has 1 aliphatic heterocycles. The minimum atomic E-state index is -0.373. The maximum Gasteiger partial charge on any atom is 0.0862 e. The third kappa shape index (κ3) is 2.33. The predicted octanol–water partition coefficient (Wildman–Crippen LogP) is -0.694. The number of aliphatic hydroxyl groups excluding tert-OH is 2. The normalized spacial score (nSPS) is 19.2. The summed E-state index contributed by atoms with van der Waals surface area (Å²) in [6, 6.07) is 0. The minimum absolute atomic E-state index is 0.0255. The molecule has 1 atom stereocenters. The Balaban J connectivity index is 2.52. The molecule has 5 nitrogen and oxygen atoms in total. The van der Waals surface area contributed by atoms with Crippen molar-refractivity contribution in [3.05, 3.63) is 11.4 Å². The molecular weight excluding hydrogens is 170 g/mol. The molecule has 0 aromatic carbocycles. The monoisotopic (exact) mass is 187 g/mol. The summed E-state index contributed by atoms with van der Waals surface area (Å²) in [5, 5.41) is 20.2. The van der Waals surface area contributed by atoms with Crippen LogP contribution in [0.1, 0.15) is 20.3 Å². The molecule has 0 aromatic rings. The smallest absolute Gasteiger partial charge is 0.0862 e. The number of allylic oxidation sites excluding steroid dienone is 1. The maximum absolute atomic E-state index is 9.40. The van der Waals surface area contributed by atoms with E-state index in [1.807, 2.05) is 13.8 Å². The molecule has 1 aliphatic rings. The third-order valence-electron chi connectivity index (χ3n) is 2.15. The zero-order valence-electron chi connectivity index (χ0n) is 8.04. The van der Waals surface area contributed by atoms with Gasteiger partial charge in [-0.3, -0.25) is 5.01 Å². The number of rotatable bonds is 4. The van der Waals surface area contributed by atoms with Crippen LogP contribution in [0.15, 0.2) is 11.4 Å². The fraction of sp³-hybridized carbons (Fsp3) is 0.750. The Bertz CT molecular complexity index is 206. The van der Waals surface area contributed by atoms with Crippen LogP contribution in [0.3, 0.4) is 0 Å². The minimum Gasteiger partial charge on any atom is -0.391 e. The molecule has 0 saturated heterocycles. The van der Waals surface area contributed by atoms with Gasteiger partial charge in [-0.25, -0.2) is 0 Å². The van der Waals surface area contributed by atoms with Crippen molar-refractivity contribution in [2.45, 2.75) is 26.4 Å². The lowest BCUT2D eigenvalue weighted by atomic mass is 10.2. The predicted molar refractivity (Wildman–Crippen MR) is 49.1 cm³/mol. The molecule has 0 amide bonds. The average molecular weight is 187 g/mol. The molecule has 1 heterocycles. The van der Waals surface area contributed by atoms with E-state index < -0.39 is 0 Å². The molecule has 5 heteroatoms. The van der Waals surface area contributed by atoms with Gasteiger partial charge in [-0.1, -0.05) is 6.92 Å². The SMILES string of the molecule is CCC(O)CN1NNC(C)=C1CO. The van der Waals surface area contributed by atoms with E-state index in [1.165, 1.54) is 0 Å². The zero-order chi connectivity index (χ0) is 9.84. The van der Waals surface area contributed by atoms with Crippen LogP contribution in [0.5, 0.6) is 0 Å². The second-order valence-electron chi connectivity index (χ2n) is 3.14. The fourth-order valence-corrected chi connectivity index (χ4v) is 1.19. The Kier molecular flexibility index (Phi) is 3.53. The number of nitrogens with one attached hydrogen (secondary N) is 2. The maximum atomic E-state index is 9.40. The van der Waals surface area contributed by atoms with Gasteiger partial charge in [0.25, 0.3) is 0 Å². The van der Waals surface area contributed by atoms with Crippen molar-refractivity contribution in [2.75, 3.05) is 13.2 Å². The lowest BCUT2D eigenvalue weighted by Crippen LogP contribution is -2.42. The summed E-state index contributed by atoms with van der Waals surface area (Å²) >= 11 is 0. The topological polar surface area (TPSA) is 67.8 Å². The molecular formula is C8H17N3O2. The first-order chi connectivity index (χ1) is 6.19. The number of nitrogens with zero attached hydrogens (tertiary/aromatic N) is 1. The summed E-state index contributed by atoms with van der Waals surface area (Å²) < 4.78 is 0. The van der Waals surface area contributed by atoms with Crippen molar-refractivity contribution >= 4 is 0 Å². The summed E-state index contributed by atoms with van der Waals surface area (Å²) in [7, 11) is 0. The highest BCUT2D eigenvalue weighted by molar-refractivity contribution is 5.12. The van der Waals surface area contributed by atoms with Gasteiger partial charge in [-0.15, -0.1) is 5.53 Å². The Hall–Kier alpha value is -0.780. The van der Waals surface area contributed by atoms with Crippen LogP contribution in [0.2, 0.25) is 0 Å². The van der Waals surface area contributed by atoms with E-state index in [1.54, 1.807) is 5.01 Å². The summed E-state index contributed by atoms with van der Waals surface area (Å²) in [5.74, 6) is 0. The first-order valence-electron chi connectivity index (χ1n) is 4.47. The molecule has 0 saturated carbocycles. The summed E-state index contributed by atoms with van der Waals surface area (Å²) in [5.41, 5.74) is 7.43. The van der Waals surface area contributed by atoms with E-state index >= 15 is 0 Å². The van der Waals surface area contributed by atoms with Crippen molar-refractivity contribution < 1.29 is 10.2 Å². The number of aliphatic hydroxyl groups is 2. The van der Waals surface area contributed by atoms with Crippen LogP contribution < -0.4 is 11.0 Å². The second-order valence-corrected chi connectivity index (χ2v) is 3.14. The van der Waals surface area contributed by atoms with Gasteiger partial charge in [0, 0.05) is 5.70 Å². The van der Waals surface area contributed by atoms with Crippen LogP contribution in [0.25, 0.3) is 0 Å². The summed E-state index contributed by atoms with van der Waals surface area (Å²) in [6.45, 7) is 4.25. The van der Waals surface area contributed by atoms with Gasteiger partial charge in [-0.05, 0) is 13.3 Å². The first kappa shape index (κ1) is 10.3. The molecule has 13 heavy (non-hydrogen) atoms. The van der Waals surface area contributed by atoms with Crippen LogP contribution in [0.4, 0.5) is 0 Å². The van der Waals surface area contributed by atoms with Gasteiger partial charge in [0.1, 0.15) is 0 Å². The molecule has 76 valence electrons. The van der Waals surface area contributed by atoms with E-state index in [-0.39, 0.29) is 12.7 Å². The van der Waals surface area contributed by atoms with Crippen LogP contribution in [0, 0.1) is 0 Å². The van der Waals surface area contributed by atoms with Crippen molar-refractivity contribution in [3.63, 3.8) is 0 Å². The highest BCUT2D eigenvalue weighted by Gasteiger charge is 2.19. The van der Waals surface area contributed by atoms with E-state index in [9.17, 15) is 5.11 Å². The molecule has 0 bridgehead atoms. The Labute approximate surface area is 78.0 Å². The average Bonchev–Trinajstić information content (AvgIpc) is 2.46. The number of hydrogen-bond acceptors (Lipinski definition) is 5. The second kappa shape index (κ2) is 4.45. The molecule has 0 fully saturated rings. The van der Waals surface area contributed by atoms with Crippen molar-refractivity contribution in [2.24, 2.45) is 0 Å². The van der Waals surface area contributed by atoms with Crippen molar-refractivity contribution in [1.82, 2.24) is 16.0 Å². The third-order valence-corrected chi connectivity index (χ3v) is 2.15. The zero-order valence-corrected chi connectivity index (χ0v) is 8.04. The Morgan fingerprint density at radius 3 is 2.77 bits per heavy atom. The van der Waals surface area contributed by atoms with Crippen LogP contribution >= 0.6 is 0 Å². The molecule has 0 aromatic heterocycles. The van der Waals surface area contributed by atoms with E-state index in [0.717, 1.165) is 11.4 Å². The molecule has 1 unspecified atom stereocenters.